The van der Waals surface area contributed by atoms with Crippen molar-refractivity contribution in [2.45, 2.75) is 11.8 Å². The summed E-state index contributed by atoms with van der Waals surface area (Å²) >= 11 is 1.56. The van der Waals surface area contributed by atoms with Gasteiger partial charge in [-0.05, 0) is 62.3 Å². The summed E-state index contributed by atoms with van der Waals surface area (Å²) in [6.07, 6.45) is 3.40. The average molecular weight is 327 g/mol. The summed E-state index contributed by atoms with van der Waals surface area (Å²) in [6, 6.07) is 11.6. The molecule has 2 heterocycles. The quantitative estimate of drug-likeness (QED) is 0.689. The van der Waals surface area contributed by atoms with Crippen LogP contribution in [0.15, 0.2) is 53.7 Å². The summed E-state index contributed by atoms with van der Waals surface area (Å²) in [6.45, 7) is 2.47. The molecule has 0 saturated carbocycles. The zero-order valence-corrected chi connectivity index (χ0v) is 13.8. The van der Waals surface area contributed by atoms with Gasteiger partial charge in [0.2, 0.25) is 5.88 Å². The molecule has 0 atom stereocenters. The summed E-state index contributed by atoms with van der Waals surface area (Å²) in [7, 11) is 1.89. The van der Waals surface area contributed by atoms with Crippen molar-refractivity contribution in [1.82, 2.24) is 14.7 Å². The highest BCUT2D eigenvalue weighted by molar-refractivity contribution is 7.97. The number of ether oxygens (including phenoxy) is 2. The molecule has 5 nitrogen and oxygen atoms in total. The minimum Gasteiger partial charge on any atom is -0.476 e. The van der Waals surface area contributed by atoms with E-state index in [4.69, 9.17) is 9.47 Å². The molecule has 0 aliphatic heterocycles. The molecular formula is C17H17N3O2S. The first-order valence-corrected chi connectivity index (χ1v) is 8.11. The highest BCUT2D eigenvalue weighted by atomic mass is 32.2. The molecule has 1 N–H and O–H groups in total. The van der Waals surface area contributed by atoms with Gasteiger partial charge in [-0.2, -0.15) is 0 Å². The molecule has 0 radical (unpaired) electrons. The topological polar surface area (TPSA) is 56.3 Å². The predicted molar refractivity (Wildman–Crippen MR) is 92.1 cm³/mol. The standard InChI is InChI=1S/C17H17N3O2S/c1-3-21-17-16-14(8-10-20-17)15(9-11-19-16)22-12-4-6-13(7-5-12)23-18-2/h4-11,18H,3H2,1-2H3. The molecule has 2 aromatic heterocycles. The normalized spacial score (nSPS) is 10.7. The van der Waals surface area contributed by atoms with E-state index in [1.54, 1.807) is 24.3 Å². The Hall–Kier alpha value is -2.31. The molecular weight excluding hydrogens is 310 g/mol. The number of hydrogen-bond acceptors (Lipinski definition) is 6. The van der Waals surface area contributed by atoms with Gasteiger partial charge in [0.15, 0.2) is 0 Å². The van der Waals surface area contributed by atoms with Crippen LogP contribution in [0, 0.1) is 0 Å². The number of benzene rings is 1. The molecule has 0 bridgehead atoms. The first kappa shape index (κ1) is 15.6. The Morgan fingerprint density at radius 2 is 1.83 bits per heavy atom. The molecule has 23 heavy (non-hydrogen) atoms. The van der Waals surface area contributed by atoms with Gasteiger partial charge in [0.05, 0.1) is 12.0 Å². The molecule has 0 amide bonds. The van der Waals surface area contributed by atoms with Gasteiger partial charge in [-0.1, -0.05) is 0 Å². The van der Waals surface area contributed by atoms with E-state index in [1.807, 2.05) is 50.4 Å². The second-order valence-electron chi connectivity index (χ2n) is 4.63. The predicted octanol–water partition coefficient (Wildman–Crippen LogP) is 4.05. The third-order valence-electron chi connectivity index (χ3n) is 3.14. The van der Waals surface area contributed by atoms with E-state index in [1.165, 1.54) is 0 Å². The first-order valence-electron chi connectivity index (χ1n) is 7.30. The zero-order valence-electron chi connectivity index (χ0n) is 12.9. The number of nitrogens with zero attached hydrogens (tertiary/aromatic N) is 2. The lowest BCUT2D eigenvalue weighted by Gasteiger charge is -2.10. The van der Waals surface area contributed by atoms with Gasteiger partial charge < -0.3 is 9.47 Å². The van der Waals surface area contributed by atoms with Crippen molar-refractivity contribution in [3.05, 3.63) is 48.8 Å². The van der Waals surface area contributed by atoms with Crippen LogP contribution in [0.25, 0.3) is 10.9 Å². The van der Waals surface area contributed by atoms with Crippen LogP contribution in [0.1, 0.15) is 6.92 Å². The fourth-order valence-corrected chi connectivity index (χ4v) is 2.69. The second kappa shape index (κ2) is 7.30. The molecule has 0 fully saturated rings. The van der Waals surface area contributed by atoms with Gasteiger partial charge in [-0.15, -0.1) is 0 Å². The Bertz CT molecular complexity index is 793. The van der Waals surface area contributed by atoms with Gasteiger partial charge >= 0.3 is 0 Å². The third-order valence-corrected chi connectivity index (χ3v) is 3.85. The molecule has 0 spiro atoms. The molecule has 0 aliphatic carbocycles. The number of hydrogen-bond donors (Lipinski definition) is 1. The maximum Gasteiger partial charge on any atom is 0.240 e. The van der Waals surface area contributed by atoms with E-state index >= 15 is 0 Å². The van der Waals surface area contributed by atoms with Gasteiger partial charge in [0, 0.05) is 17.3 Å². The maximum atomic E-state index is 6.00. The van der Waals surface area contributed by atoms with Gasteiger partial charge in [-0.3, -0.25) is 9.71 Å². The van der Waals surface area contributed by atoms with Crippen LogP contribution in [0.4, 0.5) is 0 Å². The lowest BCUT2D eigenvalue weighted by molar-refractivity contribution is 0.330. The zero-order chi connectivity index (χ0) is 16.1. The number of nitrogens with one attached hydrogen (secondary N) is 1. The molecule has 0 unspecified atom stereocenters. The Balaban J connectivity index is 1.92. The number of aromatic nitrogens is 2. The van der Waals surface area contributed by atoms with Gasteiger partial charge in [-0.25, -0.2) is 4.98 Å². The third kappa shape index (κ3) is 3.55. The smallest absolute Gasteiger partial charge is 0.240 e. The molecule has 1 aromatic carbocycles. The van der Waals surface area contributed by atoms with E-state index in [0.29, 0.717) is 18.0 Å². The van der Waals surface area contributed by atoms with Crippen molar-refractivity contribution < 1.29 is 9.47 Å². The number of pyridine rings is 2. The van der Waals surface area contributed by atoms with Crippen molar-refractivity contribution in [2.24, 2.45) is 0 Å². The van der Waals surface area contributed by atoms with Crippen molar-refractivity contribution in [1.29, 1.82) is 0 Å². The summed E-state index contributed by atoms with van der Waals surface area (Å²) in [5.41, 5.74) is 0.703. The highest BCUT2D eigenvalue weighted by Crippen LogP contribution is 2.32. The fourth-order valence-electron chi connectivity index (χ4n) is 2.18. The minimum absolute atomic E-state index is 0.524. The summed E-state index contributed by atoms with van der Waals surface area (Å²) in [5, 5.41) is 0.875. The van der Waals surface area contributed by atoms with E-state index in [2.05, 4.69) is 14.7 Å². The largest absolute Gasteiger partial charge is 0.476 e. The van der Waals surface area contributed by atoms with Crippen LogP contribution < -0.4 is 14.2 Å². The molecule has 118 valence electrons. The molecule has 3 rings (SSSR count). The van der Waals surface area contributed by atoms with E-state index in [-0.39, 0.29) is 0 Å². The van der Waals surface area contributed by atoms with Crippen LogP contribution in [-0.4, -0.2) is 23.6 Å². The number of fused-ring (bicyclic) bond motifs is 1. The number of rotatable bonds is 6. The van der Waals surface area contributed by atoms with Crippen molar-refractivity contribution in [2.75, 3.05) is 13.7 Å². The Kier molecular flexibility index (Phi) is 4.95. The Labute approximate surface area is 139 Å². The van der Waals surface area contributed by atoms with E-state index in [9.17, 15) is 0 Å². The van der Waals surface area contributed by atoms with Crippen LogP contribution in [-0.2, 0) is 0 Å². The highest BCUT2D eigenvalue weighted by Gasteiger charge is 2.10. The van der Waals surface area contributed by atoms with Crippen molar-refractivity contribution >= 4 is 22.9 Å². The van der Waals surface area contributed by atoms with Crippen LogP contribution in [0.5, 0.6) is 17.4 Å². The van der Waals surface area contributed by atoms with E-state index < -0.39 is 0 Å². The summed E-state index contributed by atoms with van der Waals surface area (Å²) in [5.74, 6) is 2.02. The lowest BCUT2D eigenvalue weighted by Crippen LogP contribution is -1.97. The molecule has 6 heteroatoms. The maximum absolute atomic E-state index is 6.00. The fraction of sp³-hybridized carbons (Fsp3) is 0.176. The van der Waals surface area contributed by atoms with Crippen molar-refractivity contribution in [3.8, 4) is 17.4 Å². The summed E-state index contributed by atoms with van der Waals surface area (Å²) in [4.78, 5) is 9.72. The SMILES string of the molecule is CCOc1nccc2c(Oc3ccc(SNC)cc3)ccnc12. The minimum atomic E-state index is 0.524. The monoisotopic (exact) mass is 327 g/mol. The van der Waals surface area contributed by atoms with Gasteiger partial charge in [0.25, 0.3) is 0 Å². The Morgan fingerprint density at radius 3 is 2.57 bits per heavy atom. The molecule has 3 aromatic rings. The molecule has 0 saturated heterocycles. The van der Waals surface area contributed by atoms with Crippen LogP contribution >= 0.6 is 11.9 Å². The second-order valence-corrected chi connectivity index (χ2v) is 5.72. The first-order chi connectivity index (χ1) is 11.3. The van der Waals surface area contributed by atoms with Crippen molar-refractivity contribution in [3.63, 3.8) is 0 Å². The van der Waals surface area contributed by atoms with Gasteiger partial charge in [0.1, 0.15) is 17.0 Å². The van der Waals surface area contributed by atoms with Crippen LogP contribution in [0.2, 0.25) is 0 Å². The molecule has 0 aliphatic rings. The van der Waals surface area contributed by atoms with E-state index in [0.717, 1.165) is 21.8 Å². The van der Waals surface area contributed by atoms with Crippen LogP contribution in [0.3, 0.4) is 0 Å². The lowest BCUT2D eigenvalue weighted by atomic mass is 10.2. The average Bonchev–Trinajstić information content (AvgIpc) is 2.58. The Morgan fingerprint density at radius 1 is 1.04 bits per heavy atom. The summed E-state index contributed by atoms with van der Waals surface area (Å²) < 4.78 is 14.6.